The second-order valence-electron chi connectivity index (χ2n) is 5.28. The molecular weight excluding hydrogens is 342 g/mol. The van der Waals surface area contributed by atoms with Crippen LogP contribution in [0.5, 0.6) is 5.75 Å². The summed E-state index contributed by atoms with van der Waals surface area (Å²) in [7, 11) is 1.54. The molecule has 0 spiro atoms. The molecule has 0 aliphatic heterocycles. The van der Waals surface area contributed by atoms with E-state index >= 15 is 0 Å². The molecule has 0 atom stereocenters. The van der Waals surface area contributed by atoms with Crippen molar-refractivity contribution in [2.75, 3.05) is 13.7 Å². The molecule has 25 heavy (non-hydrogen) atoms. The van der Waals surface area contributed by atoms with E-state index in [-0.39, 0.29) is 6.61 Å². The minimum absolute atomic E-state index is 0.231. The number of benzene rings is 1. The quantitative estimate of drug-likeness (QED) is 0.505. The minimum atomic E-state index is -0.499. The summed E-state index contributed by atoms with van der Waals surface area (Å²) in [6.07, 6.45) is 2.44. The Hall–Kier alpha value is -2.79. The maximum atomic E-state index is 12.6. The number of nitrogens with zero attached hydrogens (tertiary/aromatic N) is 1. The summed E-state index contributed by atoms with van der Waals surface area (Å²) in [6.45, 7) is 1.96. The third-order valence-electron chi connectivity index (χ3n) is 3.92. The third-order valence-corrected chi connectivity index (χ3v) is 4.23. The van der Waals surface area contributed by atoms with Gasteiger partial charge in [-0.05, 0) is 37.3 Å². The van der Waals surface area contributed by atoms with E-state index in [4.69, 9.17) is 21.1 Å². The molecule has 0 radical (unpaired) electrons. The normalized spacial score (nSPS) is 10.7. The maximum Gasteiger partial charge on any atom is 0.340 e. The molecule has 0 N–H and O–H groups in total. The smallest absolute Gasteiger partial charge is 0.340 e. The van der Waals surface area contributed by atoms with Crippen LogP contribution in [0.25, 0.3) is 16.6 Å². The number of aldehydes is 1. The fourth-order valence-electron chi connectivity index (χ4n) is 2.86. The number of esters is 1. The fraction of sp³-hybridized carbons (Fsp3) is 0.158. The molecule has 1 aromatic carbocycles. The van der Waals surface area contributed by atoms with Gasteiger partial charge in [0.15, 0.2) is 6.29 Å². The lowest BCUT2D eigenvalue weighted by Crippen LogP contribution is -2.06. The Balaban J connectivity index is 2.38. The molecule has 128 valence electrons. The van der Waals surface area contributed by atoms with E-state index in [2.05, 4.69) is 0 Å². The average Bonchev–Trinajstić information content (AvgIpc) is 2.95. The van der Waals surface area contributed by atoms with Crippen LogP contribution in [0.2, 0.25) is 5.02 Å². The van der Waals surface area contributed by atoms with Gasteiger partial charge in [0.05, 0.1) is 35.5 Å². The predicted molar refractivity (Wildman–Crippen MR) is 95.7 cm³/mol. The molecule has 6 heteroatoms. The molecule has 0 bridgehead atoms. The van der Waals surface area contributed by atoms with E-state index in [0.717, 1.165) is 0 Å². The van der Waals surface area contributed by atoms with Gasteiger partial charge in [0.1, 0.15) is 5.75 Å². The number of halogens is 1. The highest BCUT2D eigenvalue weighted by Crippen LogP contribution is 2.38. The number of aromatic nitrogens is 1. The number of carbonyl (C=O) groups is 2. The summed E-state index contributed by atoms with van der Waals surface area (Å²) in [4.78, 5) is 24.4. The van der Waals surface area contributed by atoms with Crippen molar-refractivity contribution in [3.05, 3.63) is 58.9 Å². The molecular formula is C19H16ClNO4. The fourth-order valence-corrected chi connectivity index (χ4v) is 3.12. The molecule has 3 rings (SSSR count). The van der Waals surface area contributed by atoms with Crippen LogP contribution in [0, 0.1) is 0 Å². The largest absolute Gasteiger partial charge is 0.497 e. The van der Waals surface area contributed by atoms with Gasteiger partial charge >= 0.3 is 5.97 Å². The van der Waals surface area contributed by atoms with Crippen LogP contribution in [0.4, 0.5) is 0 Å². The summed E-state index contributed by atoms with van der Waals surface area (Å²) in [6, 6.07) is 10.4. The summed E-state index contributed by atoms with van der Waals surface area (Å²) in [5, 5.41) is 0.379. The van der Waals surface area contributed by atoms with Crippen molar-refractivity contribution in [3.63, 3.8) is 0 Å². The van der Waals surface area contributed by atoms with Gasteiger partial charge in [-0.15, -0.1) is 0 Å². The van der Waals surface area contributed by atoms with Crippen molar-refractivity contribution in [3.8, 4) is 16.9 Å². The van der Waals surface area contributed by atoms with Gasteiger partial charge in [0.25, 0.3) is 0 Å². The van der Waals surface area contributed by atoms with Crippen molar-refractivity contribution in [1.29, 1.82) is 0 Å². The first kappa shape index (κ1) is 17.0. The lowest BCUT2D eigenvalue weighted by atomic mass is 10.0. The topological polar surface area (TPSA) is 57.0 Å². The van der Waals surface area contributed by atoms with Crippen molar-refractivity contribution in [1.82, 2.24) is 4.40 Å². The van der Waals surface area contributed by atoms with E-state index in [1.165, 1.54) is 0 Å². The summed E-state index contributed by atoms with van der Waals surface area (Å²) in [5.74, 6) is 0.0871. The summed E-state index contributed by atoms with van der Waals surface area (Å²) >= 11 is 6.40. The van der Waals surface area contributed by atoms with Crippen LogP contribution < -0.4 is 4.74 Å². The van der Waals surface area contributed by atoms with Crippen LogP contribution in [0.15, 0.2) is 42.6 Å². The van der Waals surface area contributed by atoms with Crippen molar-refractivity contribution in [2.45, 2.75) is 6.92 Å². The first-order valence-corrected chi connectivity index (χ1v) is 8.09. The highest BCUT2D eigenvalue weighted by atomic mass is 35.5. The molecule has 0 fully saturated rings. The number of hydrogen-bond donors (Lipinski definition) is 0. The standard InChI is InChI=1S/C19H16ClNO4/c1-3-25-19(23)18-15-6-4-5-9-21(15)16(11-22)17(18)13-8-7-12(24-2)10-14(13)20/h4-11H,3H2,1-2H3. The Bertz CT molecular complexity index is 961. The summed E-state index contributed by atoms with van der Waals surface area (Å²) < 4.78 is 12.0. The number of methoxy groups -OCH3 is 1. The molecule has 2 aromatic heterocycles. The van der Waals surface area contributed by atoms with Crippen molar-refractivity contribution >= 4 is 29.4 Å². The number of hydrogen-bond acceptors (Lipinski definition) is 4. The molecule has 0 aliphatic carbocycles. The van der Waals surface area contributed by atoms with Crippen molar-refractivity contribution in [2.24, 2.45) is 0 Å². The first-order valence-electron chi connectivity index (χ1n) is 7.71. The highest BCUT2D eigenvalue weighted by Gasteiger charge is 2.26. The van der Waals surface area contributed by atoms with E-state index < -0.39 is 5.97 Å². The van der Waals surface area contributed by atoms with Gasteiger partial charge in [-0.1, -0.05) is 17.7 Å². The highest BCUT2D eigenvalue weighted by molar-refractivity contribution is 6.34. The first-order chi connectivity index (χ1) is 12.1. The number of rotatable bonds is 5. The number of ether oxygens (including phenoxy) is 2. The van der Waals surface area contributed by atoms with Crippen LogP contribution in [0.3, 0.4) is 0 Å². The van der Waals surface area contributed by atoms with Crippen LogP contribution >= 0.6 is 11.6 Å². The van der Waals surface area contributed by atoms with E-state index in [9.17, 15) is 9.59 Å². The van der Waals surface area contributed by atoms with Gasteiger partial charge < -0.3 is 13.9 Å². The Labute approximate surface area is 149 Å². The molecule has 0 saturated carbocycles. The molecule has 0 unspecified atom stereocenters. The third kappa shape index (κ3) is 2.87. The SMILES string of the molecule is CCOC(=O)c1c(-c2ccc(OC)cc2Cl)c(C=O)n2ccccc12. The predicted octanol–water partition coefficient (Wildman–Crippen LogP) is 4.26. The zero-order chi connectivity index (χ0) is 18.0. The Kier molecular flexibility index (Phi) is 4.76. The van der Waals surface area contributed by atoms with E-state index in [1.54, 1.807) is 61.0 Å². The lowest BCUT2D eigenvalue weighted by Gasteiger charge is -2.09. The molecule has 0 aliphatic rings. The van der Waals surface area contributed by atoms with Gasteiger partial charge in [0.2, 0.25) is 0 Å². The van der Waals surface area contributed by atoms with Gasteiger partial charge in [-0.25, -0.2) is 4.79 Å². The average molecular weight is 358 g/mol. The van der Waals surface area contributed by atoms with Gasteiger partial charge in [0, 0.05) is 17.3 Å². The Morgan fingerprint density at radius 3 is 2.72 bits per heavy atom. The number of pyridine rings is 1. The van der Waals surface area contributed by atoms with Crippen LogP contribution in [-0.2, 0) is 4.74 Å². The van der Waals surface area contributed by atoms with Gasteiger partial charge in [-0.2, -0.15) is 0 Å². The zero-order valence-electron chi connectivity index (χ0n) is 13.8. The second kappa shape index (κ2) is 6.99. The Morgan fingerprint density at radius 1 is 1.28 bits per heavy atom. The zero-order valence-corrected chi connectivity index (χ0v) is 14.5. The molecule has 5 nitrogen and oxygen atoms in total. The van der Waals surface area contributed by atoms with Crippen molar-refractivity contribution < 1.29 is 19.1 Å². The molecule has 2 heterocycles. The molecule has 3 aromatic rings. The van der Waals surface area contributed by atoms with Crippen LogP contribution in [0.1, 0.15) is 27.8 Å². The Morgan fingerprint density at radius 2 is 2.08 bits per heavy atom. The number of carbonyl (C=O) groups excluding carboxylic acids is 2. The molecule has 0 saturated heterocycles. The monoisotopic (exact) mass is 357 g/mol. The van der Waals surface area contributed by atoms with E-state index in [0.29, 0.717) is 45.0 Å². The minimum Gasteiger partial charge on any atom is -0.497 e. The lowest BCUT2D eigenvalue weighted by molar-refractivity contribution is 0.0529. The second-order valence-corrected chi connectivity index (χ2v) is 5.68. The van der Waals surface area contributed by atoms with Gasteiger partial charge in [-0.3, -0.25) is 4.79 Å². The summed E-state index contributed by atoms with van der Waals surface area (Å²) in [5.41, 5.74) is 2.26. The maximum absolute atomic E-state index is 12.6. The van der Waals surface area contributed by atoms with E-state index in [1.807, 2.05) is 0 Å². The number of fused-ring (bicyclic) bond motifs is 1. The van der Waals surface area contributed by atoms with Crippen LogP contribution in [-0.4, -0.2) is 30.4 Å². The molecule has 0 amide bonds.